The Morgan fingerprint density at radius 1 is 1.10 bits per heavy atom. The van der Waals surface area contributed by atoms with E-state index in [-0.39, 0.29) is 5.60 Å². The fraction of sp³-hybridized carbons (Fsp3) is 0.778. The summed E-state index contributed by atoms with van der Waals surface area (Å²) in [6, 6.07) is 0. The van der Waals surface area contributed by atoms with Gasteiger partial charge in [0.25, 0.3) is 0 Å². The van der Waals surface area contributed by atoms with E-state index in [1.807, 2.05) is 13.8 Å². The molecule has 2 rings (SSSR count). The van der Waals surface area contributed by atoms with Crippen molar-refractivity contribution in [2.24, 2.45) is 5.92 Å². The topological polar surface area (TPSA) is 12.5 Å². The van der Waals surface area contributed by atoms with Crippen molar-refractivity contribution >= 4 is 0 Å². The lowest BCUT2D eigenvalue weighted by atomic mass is 9.85. The van der Waals surface area contributed by atoms with Gasteiger partial charge >= 0.3 is 0 Å². The summed E-state index contributed by atoms with van der Waals surface area (Å²) in [6.07, 6.45) is 6.37. The number of likely N-dealkylation sites (tertiary alicyclic amines) is 1. The highest BCUT2D eigenvalue weighted by atomic mass is 16.5. The average molecular weight is 279 g/mol. The molecule has 2 heteroatoms. The van der Waals surface area contributed by atoms with Gasteiger partial charge in [0.2, 0.25) is 0 Å². The molecular formula is C18H33NO. The van der Waals surface area contributed by atoms with E-state index in [4.69, 9.17) is 4.74 Å². The van der Waals surface area contributed by atoms with Crippen LogP contribution in [0.1, 0.15) is 59.8 Å². The van der Waals surface area contributed by atoms with Crippen molar-refractivity contribution in [1.29, 1.82) is 0 Å². The van der Waals surface area contributed by atoms with Gasteiger partial charge in [-0.1, -0.05) is 45.4 Å². The molecule has 0 aromatic heterocycles. The maximum absolute atomic E-state index is 5.95. The zero-order valence-corrected chi connectivity index (χ0v) is 14.0. The molecule has 2 heterocycles. The lowest BCUT2D eigenvalue weighted by Gasteiger charge is -2.40. The first-order valence-electron chi connectivity index (χ1n) is 8.26. The van der Waals surface area contributed by atoms with Crippen LogP contribution in [0.3, 0.4) is 0 Å². The van der Waals surface area contributed by atoms with Gasteiger partial charge in [-0.25, -0.2) is 0 Å². The van der Waals surface area contributed by atoms with Gasteiger partial charge in [-0.15, -0.1) is 0 Å². The number of rotatable bonds is 2. The highest BCUT2D eigenvalue weighted by Gasteiger charge is 2.34. The summed E-state index contributed by atoms with van der Waals surface area (Å²) < 4.78 is 5.95. The molecule has 116 valence electrons. The van der Waals surface area contributed by atoms with Gasteiger partial charge in [0.1, 0.15) is 5.60 Å². The molecule has 0 aromatic rings. The maximum Gasteiger partial charge on any atom is 0.107 e. The van der Waals surface area contributed by atoms with E-state index in [0.29, 0.717) is 5.92 Å². The molecule has 1 unspecified atom stereocenters. The van der Waals surface area contributed by atoms with Crippen molar-refractivity contribution in [2.45, 2.75) is 65.4 Å². The summed E-state index contributed by atoms with van der Waals surface area (Å²) in [5.41, 5.74) is 1.17. The lowest BCUT2D eigenvalue weighted by molar-refractivity contribution is -0.00430. The van der Waals surface area contributed by atoms with Gasteiger partial charge in [0.05, 0.1) is 5.76 Å². The number of nitrogens with zero attached hydrogens (tertiary/aromatic N) is 1. The van der Waals surface area contributed by atoms with Crippen molar-refractivity contribution in [3.8, 4) is 0 Å². The standard InChI is InChI=1S/C16H27NO.C2H6/c1-13-11-16(3,4)18-14(2)15(13)12-17-9-7-5-6-8-10-17;1-2/h15H,1-2,5-12H2,3-4H3;1-2H3. The summed E-state index contributed by atoms with van der Waals surface area (Å²) >= 11 is 0. The van der Waals surface area contributed by atoms with Crippen LogP contribution in [-0.4, -0.2) is 30.1 Å². The van der Waals surface area contributed by atoms with Crippen LogP contribution in [0.5, 0.6) is 0 Å². The molecule has 20 heavy (non-hydrogen) atoms. The van der Waals surface area contributed by atoms with Crippen LogP contribution in [0.25, 0.3) is 0 Å². The minimum absolute atomic E-state index is 0.122. The Labute approximate surface area is 125 Å². The van der Waals surface area contributed by atoms with Crippen molar-refractivity contribution < 1.29 is 4.74 Å². The van der Waals surface area contributed by atoms with Crippen molar-refractivity contribution in [1.82, 2.24) is 4.90 Å². The van der Waals surface area contributed by atoms with Crippen LogP contribution < -0.4 is 0 Å². The Hall–Kier alpha value is -0.760. The Balaban J connectivity index is 0.000000956. The van der Waals surface area contributed by atoms with Crippen LogP contribution >= 0.6 is 0 Å². The van der Waals surface area contributed by atoms with Gasteiger partial charge in [0.15, 0.2) is 0 Å². The third-order valence-corrected chi connectivity index (χ3v) is 4.08. The minimum atomic E-state index is -0.122. The molecule has 2 aliphatic heterocycles. The predicted octanol–water partition coefficient (Wildman–Crippen LogP) is 4.77. The smallest absolute Gasteiger partial charge is 0.107 e. The summed E-state index contributed by atoms with van der Waals surface area (Å²) in [7, 11) is 0. The molecule has 0 N–H and O–H groups in total. The fourth-order valence-electron chi connectivity index (χ4n) is 3.17. The molecule has 0 aromatic carbocycles. The van der Waals surface area contributed by atoms with E-state index in [1.54, 1.807) is 0 Å². The molecule has 2 fully saturated rings. The van der Waals surface area contributed by atoms with E-state index in [9.17, 15) is 0 Å². The Morgan fingerprint density at radius 3 is 2.15 bits per heavy atom. The molecule has 0 bridgehead atoms. The monoisotopic (exact) mass is 279 g/mol. The fourth-order valence-corrected chi connectivity index (χ4v) is 3.17. The van der Waals surface area contributed by atoms with Gasteiger partial charge in [0, 0.05) is 18.9 Å². The zero-order chi connectivity index (χ0) is 15.2. The lowest BCUT2D eigenvalue weighted by Crippen LogP contribution is -2.39. The third kappa shape index (κ3) is 4.97. The summed E-state index contributed by atoms with van der Waals surface area (Å²) in [5, 5.41) is 0. The Morgan fingerprint density at radius 2 is 1.65 bits per heavy atom. The van der Waals surface area contributed by atoms with E-state index in [2.05, 4.69) is 31.9 Å². The number of hydrogen-bond donors (Lipinski definition) is 0. The first kappa shape index (κ1) is 17.3. The zero-order valence-electron chi connectivity index (χ0n) is 14.0. The first-order chi connectivity index (χ1) is 9.48. The molecule has 0 radical (unpaired) electrons. The van der Waals surface area contributed by atoms with E-state index >= 15 is 0 Å². The molecule has 2 aliphatic rings. The first-order valence-corrected chi connectivity index (χ1v) is 8.26. The van der Waals surface area contributed by atoms with E-state index in [1.165, 1.54) is 44.3 Å². The summed E-state index contributed by atoms with van der Waals surface area (Å²) in [5.74, 6) is 1.25. The second-order valence-corrected chi connectivity index (χ2v) is 6.43. The SMILES string of the molecule is C=C1CC(C)(C)OC(=C)C1CN1CCCCCC1.CC. The van der Waals surface area contributed by atoms with Crippen molar-refractivity contribution in [3.05, 3.63) is 24.5 Å². The summed E-state index contributed by atoms with van der Waals surface area (Å²) in [4.78, 5) is 2.57. The van der Waals surface area contributed by atoms with Crippen LogP contribution in [-0.2, 0) is 4.74 Å². The highest BCUT2D eigenvalue weighted by Crippen LogP contribution is 2.37. The molecule has 0 saturated carbocycles. The number of hydrogen-bond acceptors (Lipinski definition) is 2. The maximum atomic E-state index is 5.95. The van der Waals surface area contributed by atoms with Crippen molar-refractivity contribution in [3.63, 3.8) is 0 Å². The van der Waals surface area contributed by atoms with Crippen molar-refractivity contribution in [2.75, 3.05) is 19.6 Å². The average Bonchev–Trinajstić information content (AvgIpc) is 2.63. The van der Waals surface area contributed by atoms with Crippen LogP contribution in [0.4, 0.5) is 0 Å². The second-order valence-electron chi connectivity index (χ2n) is 6.43. The molecule has 0 amide bonds. The Bertz CT molecular complexity index is 304. The number of ether oxygens (including phenoxy) is 1. The molecule has 0 spiro atoms. The largest absolute Gasteiger partial charge is 0.492 e. The highest BCUT2D eigenvalue weighted by molar-refractivity contribution is 5.20. The third-order valence-electron chi connectivity index (χ3n) is 4.08. The Kier molecular flexibility index (Phi) is 6.81. The van der Waals surface area contributed by atoms with Crippen LogP contribution in [0.15, 0.2) is 24.5 Å². The molecular weight excluding hydrogens is 246 g/mol. The van der Waals surface area contributed by atoms with Gasteiger partial charge in [-0.3, -0.25) is 0 Å². The molecule has 2 saturated heterocycles. The van der Waals surface area contributed by atoms with E-state index in [0.717, 1.165) is 18.7 Å². The molecule has 2 nitrogen and oxygen atoms in total. The summed E-state index contributed by atoms with van der Waals surface area (Å²) in [6.45, 7) is 20.1. The van der Waals surface area contributed by atoms with Gasteiger partial charge in [-0.05, 0) is 39.8 Å². The molecule has 1 atom stereocenters. The quantitative estimate of drug-likeness (QED) is 0.675. The normalized spacial score (nSPS) is 27.1. The van der Waals surface area contributed by atoms with Gasteiger partial charge in [-0.2, -0.15) is 0 Å². The van der Waals surface area contributed by atoms with Crippen LogP contribution in [0, 0.1) is 5.92 Å². The predicted molar refractivity (Wildman–Crippen MR) is 87.8 cm³/mol. The molecule has 0 aliphatic carbocycles. The minimum Gasteiger partial charge on any atom is -0.492 e. The second kappa shape index (κ2) is 7.87. The van der Waals surface area contributed by atoms with E-state index < -0.39 is 0 Å². The van der Waals surface area contributed by atoms with Gasteiger partial charge < -0.3 is 9.64 Å². The van der Waals surface area contributed by atoms with Crippen LogP contribution in [0.2, 0.25) is 0 Å².